The zero-order valence-corrected chi connectivity index (χ0v) is 18.8. The molecule has 0 aliphatic heterocycles. The molecule has 2 N–H and O–H groups in total. The van der Waals surface area contributed by atoms with Crippen LogP contribution in [0.5, 0.6) is 11.5 Å². The van der Waals surface area contributed by atoms with Crippen molar-refractivity contribution in [3.63, 3.8) is 0 Å². The van der Waals surface area contributed by atoms with Crippen molar-refractivity contribution in [3.8, 4) is 11.5 Å². The number of rotatable bonds is 9. The fraction of sp³-hybridized carbons (Fsp3) is 0.222. The highest BCUT2D eigenvalue weighted by Gasteiger charge is 2.22. The molecule has 0 fully saturated rings. The molecule has 5 nitrogen and oxygen atoms in total. The van der Waals surface area contributed by atoms with E-state index >= 15 is 0 Å². The van der Waals surface area contributed by atoms with E-state index in [2.05, 4.69) is 5.32 Å². The summed E-state index contributed by atoms with van der Waals surface area (Å²) in [4.78, 5) is 15.4. The number of anilines is 1. The van der Waals surface area contributed by atoms with Crippen LogP contribution in [0.4, 0.5) is 5.69 Å². The quantitative estimate of drug-likeness (QED) is 0.286. The Bertz CT molecular complexity index is 1040. The van der Waals surface area contributed by atoms with Crippen LogP contribution in [-0.4, -0.2) is 38.3 Å². The van der Waals surface area contributed by atoms with Crippen LogP contribution in [-0.2, 0) is 4.79 Å². The van der Waals surface area contributed by atoms with Gasteiger partial charge in [-0.1, -0.05) is 49.4 Å². The molecule has 1 amide bonds. The van der Waals surface area contributed by atoms with Gasteiger partial charge in [0.1, 0.15) is 18.1 Å². The zero-order chi connectivity index (χ0) is 22.9. The van der Waals surface area contributed by atoms with Gasteiger partial charge < -0.3 is 20.1 Å². The average molecular weight is 431 g/mol. The van der Waals surface area contributed by atoms with Crippen LogP contribution >= 0.6 is 0 Å². The number of amides is 1. The fourth-order valence-electron chi connectivity index (χ4n) is 3.54. The minimum Gasteiger partial charge on any atom is -0.508 e. The largest absolute Gasteiger partial charge is 0.508 e. The third kappa shape index (κ3) is 5.56. The Labute approximate surface area is 190 Å². The summed E-state index contributed by atoms with van der Waals surface area (Å²) < 4.78 is 5.68. The lowest BCUT2D eigenvalue weighted by Gasteiger charge is -2.22. The van der Waals surface area contributed by atoms with E-state index in [1.54, 1.807) is 36.2 Å². The first kappa shape index (κ1) is 23.1. The molecule has 0 saturated heterocycles. The Hall–Kier alpha value is -3.57. The van der Waals surface area contributed by atoms with Gasteiger partial charge in [0.15, 0.2) is 0 Å². The molecule has 0 heterocycles. The molecule has 0 saturated carbocycles. The predicted molar refractivity (Wildman–Crippen MR) is 131 cm³/mol. The Morgan fingerprint density at radius 2 is 1.59 bits per heavy atom. The lowest BCUT2D eigenvalue weighted by atomic mass is 9.92. The fourth-order valence-corrected chi connectivity index (χ4v) is 3.54. The van der Waals surface area contributed by atoms with E-state index in [0.717, 1.165) is 34.7 Å². The number of ether oxygens (including phenoxy) is 1. The second-order valence-corrected chi connectivity index (χ2v) is 7.43. The highest BCUT2D eigenvalue weighted by molar-refractivity contribution is 6.32. The minimum absolute atomic E-state index is 0.111. The Morgan fingerprint density at radius 3 is 2.19 bits per heavy atom. The number of nitrogens with zero attached hydrogens (tertiary/aromatic N) is 1. The van der Waals surface area contributed by atoms with Crippen LogP contribution in [0.15, 0.2) is 78.9 Å². The van der Waals surface area contributed by atoms with E-state index in [1.807, 2.05) is 68.6 Å². The normalized spacial score (nSPS) is 11.6. The third-order valence-corrected chi connectivity index (χ3v) is 5.30. The summed E-state index contributed by atoms with van der Waals surface area (Å²) in [5, 5.41) is 12.8. The minimum atomic E-state index is -0.111. The molecule has 0 aliphatic rings. The molecule has 0 spiro atoms. The van der Waals surface area contributed by atoms with Gasteiger partial charge in [-0.3, -0.25) is 4.79 Å². The maximum absolute atomic E-state index is 13.8. The maximum atomic E-state index is 13.8. The third-order valence-electron chi connectivity index (χ3n) is 5.30. The van der Waals surface area contributed by atoms with E-state index in [0.29, 0.717) is 18.6 Å². The van der Waals surface area contributed by atoms with Gasteiger partial charge >= 0.3 is 0 Å². The molecule has 0 bridgehead atoms. The Kier molecular flexibility index (Phi) is 8.06. The van der Waals surface area contributed by atoms with Crippen LogP contribution < -0.4 is 15.0 Å². The zero-order valence-electron chi connectivity index (χ0n) is 18.8. The van der Waals surface area contributed by atoms with Gasteiger partial charge in [-0.05, 0) is 66.6 Å². The van der Waals surface area contributed by atoms with Crippen LogP contribution in [0.25, 0.3) is 11.1 Å². The number of benzene rings is 3. The number of phenols is 1. The first-order chi connectivity index (χ1) is 15.5. The molecule has 0 aliphatic carbocycles. The second-order valence-electron chi connectivity index (χ2n) is 7.43. The number of hydrogen-bond acceptors (Lipinski definition) is 4. The summed E-state index contributed by atoms with van der Waals surface area (Å²) in [7, 11) is 3.66. The van der Waals surface area contributed by atoms with Crippen molar-refractivity contribution < 1.29 is 14.6 Å². The summed E-state index contributed by atoms with van der Waals surface area (Å²) >= 11 is 0. The number of aromatic hydroxyl groups is 1. The number of likely N-dealkylation sites (N-methyl/N-ethyl adjacent to an activating group) is 2. The highest BCUT2D eigenvalue weighted by Crippen LogP contribution is 2.32. The molecule has 166 valence electrons. The van der Waals surface area contributed by atoms with Gasteiger partial charge in [0.25, 0.3) is 5.91 Å². The summed E-state index contributed by atoms with van der Waals surface area (Å²) in [5.74, 6) is 0.818. The van der Waals surface area contributed by atoms with Crippen molar-refractivity contribution in [2.24, 2.45) is 0 Å². The van der Waals surface area contributed by atoms with Crippen molar-refractivity contribution in [2.75, 3.05) is 32.1 Å². The first-order valence-electron chi connectivity index (χ1n) is 10.8. The molecule has 32 heavy (non-hydrogen) atoms. The molecule has 3 aromatic rings. The van der Waals surface area contributed by atoms with E-state index in [1.165, 1.54) is 0 Å². The number of carbonyl (C=O) groups excluding carboxylic acids is 1. The molecule has 3 rings (SSSR count). The molecule has 0 unspecified atom stereocenters. The van der Waals surface area contributed by atoms with E-state index in [4.69, 9.17) is 4.74 Å². The monoisotopic (exact) mass is 430 g/mol. The number of carbonyl (C=O) groups is 1. The molecule has 5 heteroatoms. The standard InChI is InChI=1S/C27H30N2O3/c1-4-25(20-8-6-5-7-9-20)26(21-10-14-23(30)15-11-21)27(31)29(3)22-12-16-24(17-13-22)32-19-18-28-2/h5-17,28,30H,4,18-19H2,1-3H3/b26-25+. The highest BCUT2D eigenvalue weighted by atomic mass is 16.5. The van der Waals surface area contributed by atoms with Crippen molar-refractivity contribution in [1.82, 2.24) is 5.32 Å². The first-order valence-corrected chi connectivity index (χ1v) is 10.8. The van der Waals surface area contributed by atoms with Crippen molar-refractivity contribution in [3.05, 3.63) is 90.0 Å². The summed E-state index contributed by atoms with van der Waals surface area (Å²) in [6.07, 6.45) is 0.693. The lowest BCUT2D eigenvalue weighted by Crippen LogP contribution is -2.27. The smallest absolute Gasteiger partial charge is 0.258 e. The van der Waals surface area contributed by atoms with Crippen molar-refractivity contribution >= 4 is 22.7 Å². The average Bonchev–Trinajstić information content (AvgIpc) is 2.83. The molecule has 3 aromatic carbocycles. The van der Waals surface area contributed by atoms with Gasteiger partial charge in [-0.25, -0.2) is 0 Å². The summed E-state index contributed by atoms with van der Waals surface area (Å²) in [5.41, 5.74) is 4.13. The van der Waals surface area contributed by atoms with Crippen LogP contribution in [0.3, 0.4) is 0 Å². The Morgan fingerprint density at radius 1 is 0.938 bits per heavy atom. The van der Waals surface area contributed by atoms with Crippen molar-refractivity contribution in [1.29, 1.82) is 0 Å². The van der Waals surface area contributed by atoms with Gasteiger partial charge in [0.05, 0.1) is 5.57 Å². The van der Waals surface area contributed by atoms with Gasteiger partial charge in [0, 0.05) is 19.3 Å². The SMILES string of the molecule is CC/C(=C(\C(=O)N(C)c1ccc(OCCNC)cc1)c1ccc(O)cc1)c1ccccc1. The van der Waals surface area contributed by atoms with E-state index in [9.17, 15) is 9.90 Å². The molecule has 0 aromatic heterocycles. The summed E-state index contributed by atoms with van der Waals surface area (Å²) in [6, 6.07) is 24.2. The number of phenolic OH excluding ortho intramolecular Hbond substituents is 1. The second kappa shape index (κ2) is 11.2. The van der Waals surface area contributed by atoms with Gasteiger partial charge in [0.2, 0.25) is 0 Å². The summed E-state index contributed by atoms with van der Waals surface area (Å²) in [6.45, 7) is 3.39. The van der Waals surface area contributed by atoms with E-state index in [-0.39, 0.29) is 11.7 Å². The van der Waals surface area contributed by atoms with Crippen LogP contribution in [0, 0.1) is 0 Å². The number of allylic oxidation sites excluding steroid dienone is 1. The van der Waals surface area contributed by atoms with Crippen molar-refractivity contribution in [2.45, 2.75) is 13.3 Å². The van der Waals surface area contributed by atoms with Crippen LogP contribution in [0.1, 0.15) is 24.5 Å². The lowest BCUT2D eigenvalue weighted by molar-refractivity contribution is -0.113. The maximum Gasteiger partial charge on any atom is 0.258 e. The molecule has 0 atom stereocenters. The predicted octanol–water partition coefficient (Wildman–Crippen LogP) is 4.97. The van der Waals surface area contributed by atoms with E-state index < -0.39 is 0 Å². The van der Waals surface area contributed by atoms with Gasteiger partial charge in [-0.15, -0.1) is 0 Å². The topological polar surface area (TPSA) is 61.8 Å². The molecular weight excluding hydrogens is 400 g/mol. The Balaban J connectivity index is 1.98. The molecular formula is C27H30N2O3. The number of nitrogens with one attached hydrogen (secondary N) is 1. The number of hydrogen-bond donors (Lipinski definition) is 2. The molecule has 0 radical (unpaired) electrons. The van der Waals surface area contributed by atoms with Gasteiger partial charge in [-0.2, -0.15) is 0 Å². The van der Waals surface area contributed by atoms with Crippen LogP contribution in [0.2, 0.25) is 0 Å².